The number of nitrogens with one attached hydrogen (secondary N) is 1. The van der Waals surface area contributed by atoms with Crippen LogP contribution in [0.4, 0.5) is 4.79 Å². The van der Waals surface area contributed by atoms with Crippen LogP contribution in [0.15, 0.2) is 29.2 Å². The maximum absolute atomic E-state index is 12.3. The Bertz CT molecular complexity index is 668. The summed E-state index contributed by atoms with van der Waals surface area (Å²) in [5.41, 5.74) is 0.783. The summed E-state index contributed by atoms with van der Waals surface area (Å²) in [6.45, 7) is 4.20. The molecule has 0 spiro atoms. The van der Waals surface area contributed by atoms with Gasteiger partial charge in [-0.1, -0.05) is 26.0 Å². The third-order valence-corrected chi connectivity index (χ3v) is 4.20. The molecule has 0 radical (unpaired) electrons. The average Bonchev–Trinajstić information content (AvgIpc) is 2.81. The van der Waals surface area contributed by atoms with E-state index in [0.29, 0.717) is 23.1 Å². The van der Waals surface area contributed by atoms with Crippen molar-refractivity contribution in [3.05, 3.63) is 34.7 Å². The van der Waals surface area contributed by atoms with Crippen molar-refractivity contribution in [3.63, 3.8) is 0 Å². The Labute approximate surface area is 145 Å². The second-order valence-electron chi connectivity index (χ2n) is 5.74. The van der Waals surface area contributed by atoms with Gasteiger partial charge in [0.15, 0.2) is 0 Å². The summed E-state index contributed by atoms with van der Waals surface area (Å²) < 4.78 is 5.08. The number of carbonyl (C=O) groups is 3. The number of nitrogens with zero attached hydrogens (tertiary/aromatic N) is 1. The first-order valence-electron chi connectivity index (χ1n) is 7.57. The number of thioether (sulfide) groups is 1. The van der Waals surface area contributed by atoms with Crippen molar-refractivity contribution in [2.24, 2.45) is 5.92 Å². The molecule has 128 valence electrons. The van der Waals surface area contributed by atoms with E-state index in [2.05, 4.69) is 5.32 Å². The van der Waals surface area contributed by atoms with Crippen LogP contribution < -0.4 is 10.1 Å². The molecule has 1 aromatic carbocycles. The first kappa shape index (κ1) is 18.1. The number of ether oxygens (including phenoxy) is 1. The first-order valence-corrected chi connectivity index (χ1v) is 8.38. The molecule has 1 aromatic rings. The lowest BCUT2D eigenvalue weighted by Gasteiger charge is -2.13. The lowest BCUT2D eigenvalue weighted by atomic mass is 10.2. The van der Waals surface area contributed by atoms with Crippen molar-refractivity contribution < 1.29 is 19.1 Å². The number of rotatable bonds is 6. The molecule has 0 aromatic heterocycles. The van der Waals surface area contributed by atoms with E-state index in [4.69, 9.17) is 4.74 Å². The lowest BCUT2D eigenvalue weighted by Crippen LogP contribution is -2.40. The number of benzene rings is 1. The van der Waals surface area contributed by atoms with Gasteiger partial charge in [0, 0.05) is 6.54 Å². The summed E-state index contributed by atoms with van der Waals surface area (Å²) in [7, 11) is 1.57. The Morgan fingerprint density at radius 1 is 1.29 bits per heavy atom. The number of imide groups is 1. The molecule has 2 rings (SSSR count). The molecule has 1 saturated heterocycles. The highest BCUT2D eigenvalue weighted by Gasteiger charge is 2.36. The Morgan fingerprint density at radius 2 is 1.96 bits per heavy atom. The second kappa shape index (κ2) is 8.01. The van der Waals surface area contributed by atoms with Gasteiger partial charge in [-0.2, -0.15) is 0 Å². The van der Waals surface area contributed by atoms with Crippen LogP contribution in [0.25, 0.3) is 6.08 Å². The topological polar surface area (TPSA) is 75.7 Å². The van der Waals surface area contributed by atoms with Gasteiger partial charge in [-0.15, -0.1) is 0 Å². The van der Waals surface area contributed by atoms with Gasteiger partial charge in [0.25, 0.3) is 11.1 Å². The minimum absolute atomic E-state index is 0.253. The lowest BCUT2D eigenvalue weighted by molar-refractivity contribution is -0.129. The standard InChI is InChI=1S/C17H20N2O4S/c1-11(2)9-18-15(20)10-19-16(21)14(24-17(19)22)8-12-4-6-13(23-3)7-5-12/h4-8,11H,9-10H2,1-3H3,(H,18,20)/b14-8-. The zero-order chi connectivity index (χ0) is 17.7. The van der Waals surface area contributed by atoms with Crippen molar-refractivity contribution in [1.29, 1.82) is 0 Å². The normalized spacial score (nSPS) is 16.2. The van der Waals surface area contributed by atoms with E-state index in [9.17, 15) is 14.4 Å². The van der Waals surface area contributed by atoms with Crippen molar-refractivity contribution >= 4 is 34.9 Å². The molecule has 1 N–H and O–H groups in total. The van der Waals surface area contributed by atoms with Crippen molar-refractivity contribution in [2.75, 3.05) is 20.2 Å². The molecule has 0 unspecified atom stereocenters. The van der Waals surface area contributed by atoms with E-state index in [-0.39, 0.29) is 12.5 Å². The average molecular weight is 348 g/mol. The van der Waals surface area contributed by atoms with Crippen LogP contribution in [0.1, 0.15) is 19.4 Å². The minimum Gasteiger partial charge on any atom is -0.497 e. The highest BCUT2D eigenvalue weighted by molar-refractivity contribution is 8.18. The highest BCUT2D eigenvalue weighted by Crippen LogP contribution is 2.32. The molecular weight excluding hydrogens is 328 g/mol. The number of carbonyl (C=O) groups excluding carboxylic acids is 3. The number of hydrogen-bond acceptors (Lipinski definition) is 5. The van der Waals surface area contributed by atoms with E-state index in [0.717, 1.165) is 22.2 Å². The molecule has 0 bridgehead atoms. The molecule has 7 heteroatoms. The molecule has 0 saturated carbocycles. The number of methoxy groups -OCH3 is 1. The van der Waals surface area contributed by atoms with Gasteiger partial charge >= 0.3 is 0 Å². The molecule has 1 aliphatic heterocycles. The fraction of sp³-hybridized carbons (Fsp3) is 0.353. The van der Waals surface area contributed by atoms with Gasteiger partial charge in [0.1, 0.15) is 12.3 Å². The van der Waals surface area contributed by atoms with E-state index >= 15 is 0 Å². The van der Waals surface area contributed by atoms with Crippen LogP contribution in [0.3, 0.4) is 0 Å². The summed E-state index contributed by atoms with van der Waals surface area (Å²) in [6.07, 6.45) is 1.64. The third-order valence-electron chi connectivity index (χ3n) is 3.30. The molecule has 1 fully saturated rings. The van der Waals surface area contributed by atoms with Gasteiger partial charge in [0.2, 0.25) is 5.91 Å². The SMILES string of the molecule is COc1ccc(/C=C2\SC(=O)N(CC(=O)NCC(C)C)C2=O)cc1. The van der Waals surface area contributed by atoms with Crippen molar-refractivity contribution in [2.45, 2.75) is 13.8 Å². The van der Waals surface area contributed by atoms with Crippen molar-refractivity contribution in [1.82, 2.24) is 10.2 Å². The maximum Gasteiger partial charge on any atom is 0.294 e. The smallest absolute Gasteiger partial charge is 0.294 e. The first-order chi connectivity index (χ1) is 11.4. The molecule has 24 heavy (non-hydrogen) atoms. The van der Waals surface area contributed by atoms with E-state index < -0.39 is 11.1 Å². The molecule has 3 amide bonds. The van der Waals surface area contributed by atoms with Gasteiger partial charge in [0.05, 0.1) is 12.0 Å². The molecule has 1 heterocycles. The van der Waals surface area contributed by atoms with Gasteiger partial charge < -0.3 is 10.1 Å². The van der Waals surface area contributed by atoms with E-state index in [1.807, 2.05) is 13.8 Å². The minimum atomic E-state index is -0.444. The molecular formula is C17H20N2O4S. The molecule has 6 nitrogen and oxygen atoms in total. The summed E-state index contributed by atoms with van der Waals surface area (Å²) in [6, 6.07) is 7.13. The Balaban J connectivity index is 2.04. The van der Waals surface area contributed by atoms with Crippen LogP contribution in [0.2, 0.25) is 0 Å². The number of hydrogen-bond donors (Lipinski definition) is 1. The van der Waals surface area contributed by atoms with Crippen molar-refractivity contribution in [3.8, 4) is 5.75 Å². The largest absolute Gasteiger partial charge is 0.497 e. The van der Waals surface area contributed by atoms with Crippen LogP contribution in [0, 0.1) is 5.92 Å². The second-order valence-corrected chi connectivity index (χ2v) is 6.73. The van der Waals surface area contributed by atoms with Crippen LogP contribution >= 0.6 is 11.8 Å². The molecule has 1 aliphatic rings. The zero-order valence-electron chi connectivity index (χ0n) is 13.9. The Hall–Kier alpha value is -2.28. The third kappa shape index (κ3) is 4.61. The summed E-state index contributed by atoms with van der Waals surface area (Å²) in [4.78, 5) is 37.4. The van der Waals surface area contributed by atoms with E-state index in [1.165, 1.54) is 0 Å². The van der Waals surface area contributed by atoms with Crippen LogP contribution in [0.5, 0.6) is 5.75 Å². The number of amides is 3. The van der Waals surface area contributed by atoms with Gasteiger partial charge in [-0.25, -0.2) is 0 Å². The Morgan fingerprint density at radius 3 is 2.54 bits per heavy atom. The maximum atomic E-state index is 12.3. The fourth-order valence-electron chi connectivity index (χ4n) is 2.01. The molecule has 0 atom stereocenters. The monoisotopic (exact) mass is 348 g/mol. The van der Waals surface area contributed by atoms with Gasteiger partial charge in [-0.05, 0) is 41.5 Å². The summed E-state index contributed by atoms with van der Waals surface area (Å²) in [5, 5.41) is 2.27. The quantitative estimate of drug-likeness (QED) is 0.800. The Kier molecular flexibility index (Phi) is 6.03. The van der Waals surface area contributed by atoms with Crippen LogP contribution in [-0.4, -0.2) is 42.2 Å². The molecule has 0 aliphatic carbocycles. The summed E-state index contributed by atoms with van der Waals surface area (Å²) in [5.74, 6) is 0.234. The zero-order valence-corrected chi connectivity index (χ0v) is 14.7. The predicted molar refractivity (Wildman–Crippen MR) is 93.5 cm³/mol. The van der Waals surface area contributed by atoms with Crippen LogP contribution in [-0.2, 0) is 9.59 Å². The fourth-order valence-corrected chi connectivity index (χ4v) is 2.84. The summed E-state index contributed by atoms with van der Waals surface area (Å²) >= 11 is 0.840. The predicted octanol–water partition coefficient (Wildman–Crippen LogP) is 2.50. The van der Waals surface area contributed by atoms with E-state index in [1.54, 1.807) is 37.5 Å². The highest BCUT2D eigenvalue weighted by atomic mass is 32.2. The van der Waals surface area contributed by atoms with Gasteiger partial charge in [-0.3, -0.25) is 19.3 Å².